The number of rotatable bonds is 3. The topological polar surface area (TPSA) is 75.7 Å². The first-order valence-electron chi connectivity index (χ1n) is 6.77. The number of alkyl halides is 1. The summed E-state index contributed by atoms with van der Waals surface area (Å²) >= 11 is 0. The number of nitrogens with one attached hydrogen (secondary N) is 1. The molecule has 1 amide bonds. The molecular weight excluding hydrogens is 342 g/mol. The minimum atomic E-state index is -3.52. The fourth-order valence-electron chi connectivity index (χ4n) is 2.31. The summed E-state index contributed by atoms with van der Waals surface area (Å²) in [7, 11) is -3.52. The predicted molar refractivity (Wildman–Crippen MR) is 84.0 cm³/mol. The maximum Gasteiger partial charge on any atom is 0.317 e. The molecule has 6 nitrogen and oxygen atoms in total. The van der Waals surface area contributed by atoms with Gasteiger partial charge >= 0.3 is 12.3 Å². The molecule has 1 N–H and O–H groups in total. The van der Waals surface area contributed by atoms with Crippen LogP contribution in [0.1, 0.15) is 0 Å². The van der Waals surface area contributed by atoms with Gasteiger partial charge in [0, 0.05) is 11.8 Å². The number of nitrogens with zero attached hydrogens (tertiary/aromatic N) is 1. The highest BCUT2D eigenvalue weighted by atomic mass is 32.2. The van der Waals surface area contributed by atoms with Gasteiger partial charge in [-0.2, -0.15) is 4.39 Å². The Kier molecular flexibility index (Phi) is 3.88. The third-order valence-corrected chi connectivity index (χ3v) is 3.84. The number of hydrogen-bond acceptors (Lipinski definition) is 4. The Morgan fingerprint density at radius 1 is 1.17 bits per heavy atom. The SMILES string of the molecule is CS(=O)(=O)Nc1ccc2c(c1)OC(F)C(=O)N2c1ccc(F)cc1. The minimum Gasteiger partial charge on any atom is -0.449 e. The van der Waals surface area contributed by atoms with Crippen molar-refractivity contribution in [3.63, 3.8) is 0 Å². The molecular formula is C15H12F2N2O4S. The quantitative estimate of drug-likeness (QED) is 0.919. The van der Waals surface area contributed by atoms with E-state index < -0.39 is 28.1 Å². The molecule has 24 heavy (non-hydrogen) atoms. The third-order valence-electron chi connectivity index (χ3n) is 3.23. The molecule has 0 bridgehead atoms. The molecule has 2 aromatic carbocycles. The van der Waals surface area contributed by atoms with Crippen molar-refractivity contribution in [3.05, 3.63) is 48.3 Å². The molecule has 1 heterocycles. The molecule has 126 valence electrons. The summed E-state index contributed by atoms with van der Waals surface area (Å²) in [5, 5.41) is 0. The van der Waals surface area contributed by atoms with Crippen LogP contribution in [0.2, 0.25) is 0 Å². The van der Waals surface area contributed by atoms with Crippen LogP contribution in [-0.4, -0.2) is 26.9 Å². The number of hydrogen-bond donors (Lipinski definition) is 1. The Morgan fingerprint density at radius 3 is 2.46 bits per heavy atom. The van der Waals surface area contributed by atoms with Gasteiger partial charge in [0.1, 0.15) is 11.6 Å². The van der Waals surface area contributed by atoms with Crippen LogP contribution in [0.4, 0.5) is 25.8 Å². The average Bonchev–Trinajstić information content (AvgIpc) is 2.48. The summed E-state index contributed by atoms with van der Waals surface area (Å²) in [4.78, 5) is 13.2. The molecule has 9 heteroatoms. The summed E-state index contributed by atoms with van der Waals surface area (Å²) in [5.74, 6) is -1.47. The Bertz CT molecular complexity index is 900. The molecule has 0 radical (unpaired) electrons. The van der Waals surface area contributed by atoms with Crippen LogP contribution in [0.3, 0.4) is 0 Å². The van der Waals surface area contributed by atoms with Crippen LogP contribution in [0.25, 0.3) is 0 Å². The number of halogens is 2. The van der Waals surface area contributed by atoms with E-state index in [-0.39, 0.29) is 22.8 Å². The Hall–Kier alpha value is -2.68. The lowest BCUT2D eigenvalue weighted by molar-refractivity contribution is -0.133. The van der Waals surface area contributed by atoms with Crippen molar-refractivity contribution in [2.24, 2.45) is 0 Å². The van der Waals surface area contributed by atoms with Crippen molar-refractivity contribution < 1.29 is 26.7 Å². The fraction of sp³-hybridized carbons (Fsp3) is 0.133. The maximum atomic E-state index is 13.9. The lowest BCUT2D eigenvalue weighted by Crippen LogP contribution is -2.40. The van der Waals surface area contributed by atoms with Crippen LogP contribution < -0.4 is 14.4 Å². The highest BCUT2D eigenvalue weighted by Gasteiger charge is 2.35. The molecule has 0 aliphatic carbocycles. The molecule has 1 aliphatic heterocycles. The summed E-state index contributed by atoms with van der Waals surface area (Å²) in [6, 6.07) is 9.04. The predicted octanol–water partition coefficient (Wildman–Crippen LogP) is 2.55. The number of benzene rings is 2. The van der Waals surface area contributed by atoms with Gasteiger partial charge in [0.2, 0.25) is 10.0 Å². The number of ether oxygens (including phenoxy) is 1. The van der Waals surface area contributed by atoms with E-state index in [1.165, 1.54) is 30.3 Å². The lowest BCUT2D eigenvalue weighted by atomic mass is 10.1. The van der Waals surface area contributed by atoms with E-state index in [1.807, 2.05) is 0 Å². The van der Waals surface area contributed by atoms with Gasteiger partial charge in [-0.3, -0.25) is 14.4 Å². The van der Waals surface area contributed by atoms with E-state index in [0.717, 1.165) is 23.3 Å². The summed E-state index contributed by atoms with van der Waals surface area (Å²) in [6.07, 6.45) is -1.28. The van der Waals surface area contributed by atoms with Gasteiger partial charge in [0.15, 0.2) is 0 Å². The van der Waals surface area contributed by atoms with Crippen molar-refractivity contribution in [1.82, 2.24) is 0 Å². The molecule has 0 aromatic heterocycles. The largest absolute Gasteiger partial charge is 0.449 e. The third kappa shape index (κ3) is 3.16. The second-order valence-corrected chi connectivity index (χ2v) is 6.89. The highest BCUT2D eigenvalue weighted by Crippen LogP contribution is 2.40. The fourth-order valence-corrected chi connectivity index (χ4v) is 2.86. The molecule has 0 fully saturated rings. The Labute approximate surface area is 136 Å². The van der Waals surface area contributed by atoms with Crippen molar-refractivity contribution in [2.75, 3.05) is 15.9 Å². The van der Waals surface area contributed by atoms with Crippen LogP contribution in [0.5, 0.6) is 5.75 Å². The zero-order valence-electron chi connectivity index (χ0n) is 12.4. The molecule has 1 aliphatic rings. The van der Waals surface area contributed by atoms with E-state index in [2.05, 4.69) is 4.72 Å². The highest BCUT2D eigenvalue weighted by molar-refractivity contribution is 7.92. The first kappa shape index (κ1) is 16.2. The normalized spacial score (nSPS) is 17.2. The molecule has 1 atom stereocenters. The second kappa shape index (κ2) is 5.75. The second-order valence-electron chi connectivity index (χ2n) is 5.14. The minimum absolute atomic E-state index is 0.0138. The van der Waals surface area contributed by atoms with Crippen LogP contribution in [0, 0.1) is 5.82 Å². The van der Waals surface area contributed by atoms with Crippen LogP contribution in [0.15, 0.2) is 42.5 Å². The standard InChI is InChI=1S/C15H12F2N2O4S/c1-24(21,22)18-10-4-7-12-13(8-10)23-14(17)15(20)19(12)11-5-2-9(16)3-6-11/h2-8,14,18H,1H3. The first-order valence-corrected chi connectivity index (χ1v) is 8.66. The number of anilines is 3. The molecule has 0 saturated carbocycles. The molecule has 0 saturated heterocycles. The number of sulfonamides is 1. The lowest BCUT2D eigenvalue weighted by Gasteiger charge is -2.31. The molecule has 3 rings (SSSR count). The molecule has 0 spiro atoms. The average molecular weight is 354 g/mol. The molecule has 2 aromatic rings. The van der Waals surface area contributed by atoms with E-state index >= 15 is 0 Å². The van der Waals surface area contributed by atoms with Gasteiger partial charge in [-0.1, -0.05) is 0 Å². The first-order chi connectivity index (χ1) is 11.2. The van der Waals surface area contributed by atoms with E-state index in [9.17, 15) is 22.0 Å². The van der Waals surface area contributed by atoms with Gasteiger partial charge in [-0.15, -0.1) is 0 Å². The zero-order chi connectivity index (χ0) is 17.5. The van der Waals surface area contributed by atoms with Gasteiger partial charge < -0.3 is 4.74 Å². The number of amides is 1. The Morgan fingerprint density at radius 2 is 1.83 bits per heavy atom. The number of carbonyl (C=O) groups is 1. The maximum absolute atomic E-state index is 13.9. The van der Waals surface area contributed by atoms with Crippen molar-refractivity contribution in [1.29, 1.82) is 0 Å². The Balaban J connectivity index is 2.06. The number of carbonyl (C=O) groups excluding carboxylic acids is 1. The van der Waals surface area contributed by atoms with Gasteiger partial charge in [-0.05, 0) is 36.4 Å². The van der Waals surface area contributed by atoms with Gasteiger partial charge in [0.25, 0.3) is 0 Å². The summed E-state index contributed by atoms with van der Waals surface area (Å²) < 4.78 is 56.7. The van der Waals surface area contributed by atoms with Crippen LogP contribution in [-0.2, 0) is 14.8 Å². The van der Waals surface area contributed by atoms with E-state index in [1.54, 1.807) is 0 Å². The summed E-state index contributed by atoms with van der Waals surface area (Å²) in [6.45, 7) is 0. The van der Waals surface area contributed by atoms with Crippen molar-refractivity contribution in [2.45, 2.75) is 6.36 Å². The monoisotopic (exact) mass is 354 g/mol. The van der Waals surface area contributed by atoms with E-state index in [4.69, 9.17) is 4.74 Å². The molecule has 1 unspecified atom stereocenters. The van der Waals surface area contributed by atoms with Gasteiger partial charge in [0.05, 0.1) is 17.6 Å². The summed E-state index contributed by atoms with van der Waals surface area (Å²) in [5.41, 5.74) is 0.647. The van der Waals surface area contributed by atoms with Crippen molar-refractivity contribution in [3.8, 4) is 5.75 Å². The zero-order valence-corrected chi connectivity index (χ0v) is 13.2. The number of fused-ring (bicyclic) bond motifs is 1. The van der Waals surface area contributed by atoms with Crippen molar-refractivity contribution >= 4 is 33.0 Å². The van der Waals surface area contributed by atoms with Crippen LogP contribution >= 0.6 is 0 Å². The van der Waals surface area contributed by atoms with Gasteiger partial charge in [-0.25, -0.2) is 12.8 Å². The van der Waals surface area contributed by atoms with E-state index in [0.29, 0.717) is 0 Å². The smallest absolute Gasteiger partial charge is 0.317 e.